The van der Waals surface area contributed by atoms with Crippen molar-refractivity contribution >= 4 is 11.8 Å². The first-order chi connectivity index (χ1) is 14.6. The normalized spacial score (nSPS) is 23.1. The van der Waals surface area contributed by atoms with Crippen LogP contribution < -0.4 is 5.32 Å². The fourth-order valence-electron chi connectivity index (χ4n) is 4.42. The Hall–Kier alpha value is -3.24. The Morgan fingerprint density at radius 3 is 1.93 bits per heavy atom. The van der Waals surface area contributed by atoms with Crippen molar-refractivity contribution < 1.29 is 14.3 Å². The minimum atomic E-state index is -0.609. The van der Waals surface area contributed by atoms with Gasteiger partial charge in [-0.3, -0.25) is 14.9 Å². The van der Waals surface area contributed by atoms with E-state index in [1.54, 1.807) is 0 Å². The summed E-state index contributed by atoms with van der Waals surface area (Å²) < 4.78 is 5.11. The quantitative estimate of drug-likeness (QED) is 0.508. The van der Waals surface area contributed by atoms with Crippen molar-refractivity contribution in [3.63, 3.8) is 0 Å². The molecule has 4 heteroatoms. The van der Waals surface area contributed by atoms with Gasteiger partial charge in [0.05, 0.1) is 13.0 Å². The number of ketones is 1. The molecule has 4 unspecified atom stereocenters. The van der Waals surface area contributed by atoms with Crippen LogP contribution in [0.1, 0.15) is 39.0 Å². The van der Waals surface area contributed by atoms with E-state index in [2.05, 4.69) is 5.32 Å². The van der Waals surface area contributed by atoms with Gasteiger partial charge in [0.15, 0.2) is 5.78 Å². The van der Waals surface area contributed by atoms with Crippen LogP contribution >= 0.6 is 0 Å². The van der Waals surface area contributed by atoms with Crippen molar-refractivity contribution in [2.75, 3.05) is 7.11 Å². The van der Waals surface area contributed by atoms with Crippen LogP contribution in [-0.4, -0.2) is 24.9 Å². The molecule has 0 aromatic heterocycles. The molecule has 152 valence electrons. The number of hydrogen-bond acceptors (Lipinski definition) is 4. The smallest absolute Gasteiger partial charge is 0.323 e. The topological polar surface area (TPSA) is 55.4 Å². The lowest BCUT2D eigenvalue weighted by molar-refractivity contribution is -0.143. The molecule has 0 saturated carbocycles. The molecular formula is C26H25NO3. The molecule has 4 nitrogen and oxygen atoms in total. The zero-order chi connectivity index (χ0) is 21.1. The lowest BCUT2D eigenvalue weighted by atomic mass is 9.76. The Balaban J connectivity index is 1.84. The number of nitrogens with one attached hydrogen (secondary N) is 1. The molecule has 1 heterocycles. The zero-order valence-electron chi connectivity index (χ0n) is 17.1. The molecule has 4 atom stereocenters. The van der Waals surface area contributed by atoms with Gasteiger partial charge >= 0.3 is 5.97 Å². The average Bonchev–Trinajstić information content (AvgIpc) is 3.20. The molecule has 30 heavy (non-hydrogen) atoms. The highest BCUT2D eigenvalue weighted by atomic mass is 16.5. The lowest BCUT2D eigenvalue weighted by Crippen LogP contribution is -2.36. The molecule has 1 saturated heterocycles. The van der Waals surface area contributed by atoms with E-state index in [4.69, 9.17) is 4.74 Å². The standard InChI is InChI=1S/C26H25NO3/c1-17-13-15-20(16-14-17)25(28)22-21(18-9-5-3-6-10-18)24(26(29)30-2)27-23(22)19-11-7-4-8-12-19/h3-16,21-24,27H,1-2H3. The largest absolute Gasteiger partial charge is 0.468 e. The zero-order valence-corrected chi connectivity index (χ0v) is 17.1. The number of aryl methyl sites for hydroxylation is 1. The van der Waals surface area contributed by atoms with Gasteiger partial charge in [-0.2, -0.15) is 0 Å². The van der Waals surface area contributed by atoms with E-state index in [0.717, 1.165) is 16.7 Å². The predicted octanol–water partition coefficient (Wildman–Crippen LogP) is 4.46. The van der Waals surface area contributed by atoms with Crippen LogP contribution in [0.2, 0.25) is 0 Å². The number of ether oxygens (including phenoxy) is 1. The van der Waals surface area contributed by atoms with Crippen molar-refractivity contribution in [2.45, 2.75) is 24.9 Å². The van der Waals surface area contributed by atoms with Gasteiger partial charge in [0.25, 0.3) is 0 Å². The first-order valence-electron chi connectivity index (χ1n) is 10.1. The van der Waals surface area contributed by atoms with Gasteiger partial charge in [0.2, 0.25) is 0 Å². The SMILES string of the molecule is COC(=O)C1NC(c2ccccc2)C(C(=O)c2ccc(C)cc2)C1c1ccccc1. The second kappa shape index (κ2) is 8.64. The number of carbonyl (C=O) groups is 2. The van der Waals surface area contributed by atoms with Crippen LogP contribution in [0.15, 0.2) is 84.9 Å². The number of hydrogen-bond donors (Lipinski definition) is 1. The fraction of sp³-hybridized carbons (Fsp3) is 0.231. The number of Topliss-reactive ketones (excluding diaryl/α,β-unsaturated/α-hetero) is 1. The highest BCUT2D eigenvalue weighted by molar-refractivity contribution is 6.00. The maximum atomic E-state index is 13.8. The van der Waals surface area contributed by atoms with E-state index in [-0.39, 0.29) is 23.7 Å². The molecule has 0 spiro atoms. The van der Waals surface area contributed by atoms with Gasteiger partial charge in [0, 0.05) is 17.5 Å². The highest BCUT2D eigenvalue weighted by Crippen LogP contribution is 2.45. The number of carbonyl (C=O) groups excluding carboxylic acids is 2. The summed E-state index contributed by atoms with van der Waals surface area (Å²) in [4.78, 5) is 26.5. The van der Waals surface area contributed by atoms with Crippen molar-refractivity contribution in [1.82, 2.24) is 5.32 Å². The summed E-state index contributed by atoms with van der Waals surface area (Å²) in [5.74, 6) is -1.11. The summed E-state index contributed by atoms with van der Waals surface area (Å²) in [6, 6.07) is 26.3. The van der Waals surface area contributed by atoms with Gasteiger partial charge in [-0.05, 0) is 18.1 Å². The Bertz CT molecular complexity index is 1020. The second-order valence-corrected chi connectivity index (χ2v) is 7.75. The van der Waals surface area contributed by atoms with Crippen LogP contribution in [0, 0.1) is 12.8 Å². The molecule has 0 amide bonds. The van der Waals surface area contributed by atoms with Crippen LogP contribution in [0.4, 0.5) is 0 Å². The van der Waals surface area contributed by atoms with Gasteiger partial charge in [-0.25, -0.2) is 0 Å². The predicted molar refractivity (Wildman–Crippen MR) is 116 cm³/mol. The highest BCUT2D eigenvalue weighted by Gasteiger charge is 2.51. The van der Waals surface area contributed by atoms with E-state index in [9.17, 15) is 9.59 Å². The van der Waals surface area contributed by atoms with Gasteiger partial charge in [-0.15, -0.1) is 0 Å². The second-order valence-electron chi connectivity index (χ2n) is 7.75. The number of benzene rings is 3. The summed E-state index contributed by atoms with van der Waals surface area (Å²) in [6.45, 7) is 2.00. The van der Waals surface area contributed by atoms with E-state index >= 15 is 0 Å². The Kier molecular flexibility index (Phi) is 5.77. The van der Waals surface area contributed by atoms with Crippen molar-refractivity contribution in [2.24, 2.45) is 5.92 Å². The Morgan fingerprint density at radius 2 is 1.37 bits per heavy atom. The summed E-state index contributed by atoms with van der Waals surface area (Å²) >= 11 is 0. The maximum Gasteiger partial charge on any atom is 0.323 e. The van der Waals surface area contributed by atoms with Crippen molar-refractivity contribution in [3.8, 4) is 0 Å². The van der Waals surface area contributed by atoms with E-state index in [0.29, 0.717) is 5.56 Å². The van der Waals surface area contributed by atoms with Crippen LogP contribution in [0.5, 0.6) is 0 Å². The molecule has 4 rings (SSSR count). The molecule has 3 aromatic rings. The van der Waals surface area contributed by atoms with E-state index in [1.165, 1.54) is 7.11 Å². The number of rotatable bonds is 5. The number of esters is 1. The summed E-state index contributed by atoms with van der Waals surface area (Å²) in [5.41, 5.74) is 3.68. The first kappa shape index (κ1) is 20.0. The Labute approximate surface area is 176 Å². The molecular weight excluding hydrogens is 374 g/mol. The third kappa shape index (κ3) is 3.79. The van der Waals surface area contributed by atoms with Crippen LogP contribution in [0.25, 0.3) is 0 Å². The van der Waals surface area contributed by atoms with E-state index < -0.39 is 12.0 Å². The molecule has 0 radical (unpaired) electrons. The fourth-order valence-corrected chi connectivity index (χ4v) is 4.42. The van der Waals surface area contributed by atoms with Crippen molar-refractivity contribution in [1.29, 1.82) is 0 Å². The minimum Gasteiger partial charge on any atom is -0.468 e. The van der Waals surface area contributed by atoms with Crippen molar-refractivity contribution in [3.05, 3.63) is 107 Å². The van der Waals surface area contributed by atoms with Gasteiger partial charge in [0.1, 0.15) is 6.04 Å². The molecule has 3 aromatic carbocycles. The first-order valence-corrected chi connectivity index (χ1v) is 10.1. The number of methoxy groups -OCH3 is 1. The molecule has 1 fully saturated rings. The monoisotopic (exact) mass is 399 g/mol. The molecule has 0 aliphatic carbocycles. The van der Waals surface area contributed by atoms with Gasteiger partial charge < -0.3 is 4.74 Å². The Morgan fingerprint density at radius 1 is 0.800 bits per heavy atom. The molecule has 1 aliphatic rings. The third-order valence-corrected chi connectivity index (χ3v) is 5.90. The molecule has 1 N–H and O–H groups in total. The van der Waals surface area contributed by atoms with Gasteiger partial charge in [-0.1, -0.05) is 90.5 Å². The lowest BCUT2D eigenvalue weighted by Gasteiger charge is -2.25. The molecule has 1 aliphatic heterocycles. The molecule has 0 bridgehead atoms. The summed E-state index contributed by atoms with van der Waals surface area (Å²) in [5, 5.41) is 3.42. The van der Waals surface area contributed by atoms with Crippen LogP contribution in [0.3, 0.4) is 0 Å². The summed E-state index contributed by atoms with van der Waals surface area (Å²) in [7, 11) is 1.39. The minimum absolute atomic E-state index is 0.0246. The maximum absolute atomic E-state index is 13.8. The van der Waals surface area contributed by atoms with E-state index in [1.807, 2.05) is 91.9 Å². The third-order valence-electron chi connectivity index (χ3n) is 5.90. The van der Waals surface area contributed by atoms with Crippen LogP contribution in [-0.2, 0) is 9.53 Å². The summed E-state index contributed by atoms with van der Waals surface area (Å²) in [6.07, 6.45) is 0. The average molecular weight is 399 g/mol.